The van der Waals surface area contributed by atoms with E-state index in [0.717, 1.165) is 12.1 Å². The molecule has 0 amide bonds. The zero-order valence-electron chi connectivity index (χ0n) is 21.8. The molecule has 3 heterocycles. The molecule has 0 aliphatic heterocycles. The monoisotopic (exact) mass is 618 g/mol. The van der Waals surface area contributed by atoms with Crippen LogP contribution >= 0.6 is 0 Å². The average molecular weight is 618 g/mol. The van der Waals surface area contributed by atoms with Crippen LogP contribution in [0.3, 0.4) is 0 Å². The molecule has 9 nitrogen and oxygen atoms in total. The molecular formula is C26H22F8N6O3. The number of anilines is 2. The zero-order chi connectivity index (χ0) is 31.5. The third-order valence-corrected chi connectivity index (χ3v) is 6.41. The van der Waals surface area contributed by atoms with Gasteiger partial charge in [-0.2, -0.15) is 27.1 Å². The summed E-state index contributed by atoms with van der Waals surface area (Å²) in [6, 6.07) is 4.77. The van der Waals surface area contributed by atoms with Crippen LogP contribution in [-0.2, 0) is 17.5 Å². The minimum atomic E-state index is -5.07. The number of nitrogens with zero attached hydrogens (tertiary/aromatic N) is 3. The van der Waals surface area contributed by atoms with Gasteiger partial charge in [-0.25, -0.2) is 23.3 Å². The summed E-state index contributed by atoms with van der Waals surface area (Å²) in [5.41, 5.74) is 0.429. The van der Waals surface area contributed by atoms with Crippen molar-refractivity contribution in [2.75, 3.05) is 17.7 Å². The normalized spacial score (nSPS) is 12.8. The molecule has 17 heteroatoms. The summed E-state index contributed by atoms with van der Waals surface area (Å²) in [7, 11) is 0. The highest BCUT2D eigenvalue weighted by molar-refractivity contribution is 5.86. The Balaban J connectivity index is 1.54. The Hall–Kier alpha value is -4.54. The fourth-order valence-corrected chi connectivity index (χ4v) is 4.40. The zero-order valence-corrected chi connectivity index (χ0v) is 21.8. The lowest BCUT2D eigenvalue weighted by molar-refractivity contribution is -0.138. The number of aryl methyl sites for hydroxylation is 1. The van der Waals surface area contributed by atoms with E-state index in [9.17, 15) is 44.7 Å². The Morgan fingerprint density at radius 1 is 1.09 bits per heavy atom. The number of pyridine rings is 2. The Labute approximate surface area is 236 Å². The highest BCUT2D eigenvalue weighted by Gasteiger charge is 2.37. The number of aromatic nitrogens is 4. The van der Waals surface area contributed by atoms with Gasteiger partial charge in [0.15, 0.2) is 0 Å². The van der Waals surface area contributed by atoms with Crippen molar-refractivity contribution in [2.45, 2.75) is 44.6 Å². The molecule has 4 aromatic rings. The van der Waals surface area contributed by atoms with Gasteiger partial charge in [-0.05, 0) is 48.6 Å². The number of nitrogens with one attached hydrogen (secondary N) is 2. The number of fused-ring (bicyclic) bond motifs is 1. The van der Waals surface area contributed by atoms with Crippen LogP contribution < -0.4 is 22.2 Å². The van der Waals surface area contributed by atoms with E-state index in [-0.39, 0.29) is 36.0 Å². The third-order valence-electron chi connectivity index (χ3n) is 6.41. The molecule has 0 saturated carbocycles. The minimum Gasteiger partial charge on any atom is -0.383 e. The van der Waals surface area contributed by atoms with Gasteiger partial charge < -0.3 is 20.4 Å². The highest BCUT2D eigenvalue weighted by atomic mass is 19.4. The van der Waals surface area contributed by atoms with Crippen molar-refractivity contribution in [2.24, 2.45) is 0 Å². The summed E-state index contributed by atoms with van der Waals surface area (Å²) >= 11 is 0. The van der Waals surface area contributed by atoms with Crippen molar-refractivity contribution in [3.8, 4) is 11.3 Å². The van der Waals surface area contributed by atoms with E-state index in [1.165, 1.54) is 29.0 Å². The molecule has 0 fully saturated rings. The number of nitrogen functional groups attached to an aromatic ring is 1. The van der Waals surface area contributed by atoms with E-state index >= 15 is 0 Å². The minimum absolute atomic E-state index is 0.0284. The van der Waals surface area contributed by atoms with Gasteiger partial charge in [0, 0.05) is 24.3 Å². The van der Waals surface area contributed by atoms with Crippen LogP contribution in [0.1, 0.15) is 30.4 Å². The first-order chi connectivity index (χ1) is 20.3. The van der Waals surface area contributed by atoms with Crippen LogP contribution in [0.15, 0.2) is 52.3 Å². The summed E-state index contributed by atoms with van der Waals surface area (Å²) in [6.45, 7) is -4.00. The molecule has 0 radical (unpaired) electrons. The van der Waals surface area contributed by atoms with E-state index in [1.807, 2.05) is 0 Å². The van der Waals surface area contributed by atoms with Crippen molar-refractivity contribution in [1.29, 1.82) is 0 Å². The van der Waals surface area contributed by atoms with Crippen LogP contribution in [0.5, 0.6) is 0 Å². The summed E-state index contributed by atoms with van der Waals surface area (Å²) < 4.78 is 112. The molecule has 0 aliphatic rings. The second kappa shape index (κ2) is 12.8. The molecule has 0 spiro atoms. The number of hydrogen-bond acceptors (Lipinski definition) is 7. The second-order valence-electron chi connectivity index (χ2n) is 9.27. The number of aromatic amines is 1. The molecule has 230 valence electrons. The summed E-state index contributed by atoms with van der Waals surface area (Å²) in [5.74, 6) is -1.35. The Bertz CT molecular complexity index is 1720. The molecule has 1 atom stereocenters. The van der Waals surface area contributed by atoms with Gasteiger partial charge in [0.25, 0.3) is 17.5 Å². The smallest absolute Gasteiger partial charge is 0.383 e. The quantitative estimate of drug-likeness (QED) is 0.194. The van der Waals surface area contributed by atoms with Crippen LogP contribution in [0.2, 0.25) is 0 Å². The number of H-pyrrole nitrogens is 1. The van der Waals surface area contributed by atoms with Crippen LogP contribution in [0.25, 0.3) is 22.0 Å². The van der Waals surface area contributed by atoms with E-state index in [1.54, 1.807) is 5.10 Å². The second-order valence-corrected chi connectivity index (χ2v) is 9.27. The maximum absolute atomic E-state index is 15.0. The molecule has 0 aliphatic carbocycles. The topological polar surface area (TPSA) is 128 Å². The maximum atomic E-state index is 15.0. The van der Waals surface area contributed by atoms with Gasteiger partial charge >= 0.3 is 12.8 Å². The SMILES string of the molecule is Nc1nc(-c2cc3ccn(CCCC(COC(F)F)Nc4cn[nH]c(=O)c4C(F)(F)F)c(=O)c3cc2F)ccc1C(F)F. The van der Waals surface area contributed by atoms with E-state index in [2.05, 4.69) is 20.1 Å². The fraction of sp³-hybridized carbons (Fsp3) is 0.308. The van der Waals surface area contributed by atoms with Gasteiger partial charge in [-0.1, -0.05) is 0 Å². The number of ether oxygens (including phenoxy) is 1. The number of halogens is 8. The number of benzene rings is 1. The molecule has 0 saturated heterocycles. The summed E-state index contributed by atoms with van der Waals surface area (Å²) in [6.07, 6.45) is -5.91. The van der Waals surface area contributed by atoms with E-state index in [4.69, 9.17) is 5.73 Å². The highest BCUT2D eigenvalue weighted by Crippen LogP contribution is 2.32. The lowest BCUT2D eigenvalue weighted by atomic mass is 10.0. The fourth-order valence-electron chi connectivity index (χ4n) is 4.40. The van der Waals surface area contributed by atoms with Gasteiger partial charge in [-0.15, -0.1) is 0 Å². The Kier molecular flexibility index (Phi) is 9.32. The van der Waals surface area contributed by atoms with Crippen LogP contribution in [0.4, 0.5) is 46.6 Å². The maximum Gasteiger partial charge on any atom is 0.423 e. The van der Waals surface area contributed by atoms with Crippen molar-refractivity contribution in [1.82, 2.24) is 19.7 Å². The van der Waals surface area contributed by atoms with Gasteiger partial charge in [0.05, 0.1) is 35.1 Å². The first kappa shape index (κ1) is 31.4. The number of alkyl halides is 7. The Morgan fingerprint density at radius 2 is 1.84 bits per heavy atom. The lowest BCUT2D eigenvalue weighted by Crippen LogP contribution is -2.32. The molecule has 0 bridgehead atoms. The van der Waals surface area contributed by atoms with Crippen LogP contribution in [-0.4, -0.2) is 39.0 Å². The number of hydrogen-bond donors (Lipinski definition) is 3. The first-order valence-electron chi connectivity index (χ1n) is 12.4. The molecule has 43 heavy (non-hydrogen) atoms. The van der Waals surface area contributed by atoms with Crippen molar-refractivity contribution in [3.63, 3.8) is 0 Å². The van der Waals surface area contributed by atoms with Crippen LogP contribution in [0, 0.1) is 5.82 Å². The molecule has 4 rings (SSSR count). The predicted molar refractivity (Wildman–Crippen MR) is 139 cm³/mol. The van der Waals surface area contributed by atoms with Gasteiger partial charge in [0.1, 0.15) is 17.2 Å². The molecular weight excluding hydrogens is 596 g/mol. The first-order valence-corrected chi connectivity index (χ1v) is 12.4. The molecule has 1 unspecified atom stereocenters. The summed E-state index contributed by atoms with van der Waals surface area (Å²) in [5, 5.41) is 7.60. The number of rotatable bonds is 11. The van der Waals surface area contributed by atoms with Crippen molar-refractivity contribution >= 4 is 22.3 Å². The predicted octanol–water partition coefficient (Wildman–Crippen LogP) is 5.32. The standard InChI is InChI=1S/C26H22F8N6O3/c27-17-9-15-12(8-16(17)18-4-3-14(21(28)29)22(35)38-18)5-7-40(24(15)42)6-1-2-13(11-43-25(30)31)37-19-10-36-39-23(41)20(19)26(32,33)34/h3-5,7-10,13,21,25H,1-2,6,11H2,(H2,35,38)(H2,37,39,41). The van der Waals surface area contributed by atoms with Gasteiger partial charge in [-0.3, -0.25) is 9.59 Å². The molecule has 4 N–H and O–H groups in total. The summed E-state index contributed by atoms with van der Waals surface area (Å²) in [4.78, 5) is 28.6. The largest absolute Gasteiger partial charge is 0.423 e. The molecule has 3 aromatic heterocycles. The third kappa shape index (κ3) is 7.28. The lowest BCUT2D eigenvalue weighted by Gasteiger charge is -2.22. The van der Waals surface area contributed by atoms with Crippen molar-refractivity contribution < 1.29 is 39.9 Å². The van der Waals surface area contributed by atoms with E-state index < -0.39 is 71.4 Å². The average Bonchev–Trinajstić information content (AvgIpc) is 2.92. The Morgan fingerprint density at radius 3 is 2.49 bits per heavy atom. The van der Waals surface area contributed by atoms with E-state index in [0.29, 0.717) is 11.6 Å². The van der Waals surface area contributed by atoms with Crippen molar-refractivity contribution in [3.05, 3.63) is 80.4 Å². The number of nitrogens with two attached hydrogens (primary N) is 1. The molecule has 1 aromatic carbocycles. The van der Waals surface area contributed by atoms with Gasteiger partial charge in [0.2, 0.25) is 0 Å².